The molecule has 2 heteroatoms. The van der Waals surface area contributed by atoms with E-state index in [4.69, 9.17) is 0 Å². The van der Waals surface area contributed by atoms with Crippen LogP contribution in [0.15, 0.2) is 23.8 Å². The molecule has 0 saturated heterocycles. The average molecular weight is 165 g/mol. The van der Waals surface area contributed by atoms with Crippen LogP contribution in [0.4, 0.5) is 0 Å². The number of carbonyl (C=O) groups is 1. The molecule has 0 aromatic heterocycles. The first kappa shape index (κ1) is 9.04. The van der Waals surface area contributed by atoms with E-state index in [1.807, 2.05) is 0 Å². The van der Waals surface area contributed by atoms with Crippen molar-refractivity contribution in [3.63, 3.8) is 0 Å². The van der Waals surface area contributed by atoms with E-state index in [1.54, 1.807) is 0 Å². The molecule has 0 saturated carbocycles. The minimum absolute atomic E-state index is 0.0305. The largest absolute Gasteiger partial charge is 0.352 e. The van der Waals surface area contributed by atoms with Crippen LogP contribution in [0.3, 0.4) is 0 Å². The molecule has 1 N–H and O–H groups in total. The maximum Gasteiger partial charge on any atom is 0.217 e. The fraction of sp³-hybridized carbons (Fsp3) is 0.500. The first-order chi connectivity index (χ1) is 5.68. The van der Waals surface area contributed by atoms with Gasteiger partial charge >= 0.3 is 0 Å². The number of hydrogen-bond acceptors (Lipinski definition) is 1. The first-order valence-electron chi connectivity index (χ1n) is 4.30. The minimum atomic E-state index is 0.0305. The van der Waals surface area contributed by atoms with Crippen LogP contribution in [0.5, 0.6) is 0 Å². The molecule has 12 heavy (non-hydrogen) atoms. The van der Waals surface area contributed by atoms with Gasteiger partial charge in [-0.15, -0.1) is 0 Å². The Kier molecular flexibility index (Phi) is 3.09. The zero-order chi connectivity index (χ0) is 8.97. The highest BCUT2D eigenvalue weighted by Gasteiger charge is 2.02. The number of amides is 1. The van der Waals surface area contributed by atoms with E-state index in [9.17, 15) is 4.79 Å². The van der Waals surface area contributed by atoms with Gasteiger partial charge in [0.25, 0.3) is 0 Å². The lowest BCUT2D eigenvalue weighted by atomic mass is 9.99. The zero-order valence-electron chi connectivity index (χ0n) is 7.63. The molecule has 0 heterocycles. The summed E-state index contributed by atoms with van der Waals surface area (Å²) in [5, 5.41) is 2.77. The number of hydrogen-bond donors (Lipinski definition) is 1. The summed E-state index contributed by atoms with van der Waals surface area (Å²) >= 11 is 0. The van der Waals surface area contributed by atoms with Gasteiger partial charge in [-0.05, 0) is 17.9 Å². The van der Waals surface area contributed by atoms with E-state index in [0.29, 0.717) is 12.5 Å². The number of nitrogens with one attached hydrogen (secondary N) is 1. The Morgan fingerprint density at radius 3 is 3.00 bits per heavy atom. The highest BCUT2D eigenvalue weighted by Crippen LogP contribution is 2.14. The SMILES string of the molecule is CC(=O)NCC1=CCC(C)C=C1. The normalized spacial score (nSPS) is 21.8. The Labute approximate surface area is 73.4 Å². The van der Waals surface area contributed by atoms with Crippen molar-refractivity contribution in [3.05, 3.63) is 23.8 Å². The van der Waals surface area contributed by atoms with E-state index in [1.165, 1.54) is 12.5 Å². The highest BCUT2D eigenvalue weighted by molar-refractivity contribution is 5.73. The van der Waals surface area contributed by atoms with Crippen molar-refractivity contribution in [2.75, 3.05) is 6.54 Å². The van der Waals surface area contributed by atoms with Gasteiger partial charge in [-0.2, -0.15) is 0 Å². The molecular formula is C10H15NO. The third-order valence-corrected chi connectivity index (χ3v) is 1.93. The molecule has 1 amide bonds. The van der Waals surface area contributed by atoms with Crippen LogP contribution in [0, 0.1) is 5.92 Å². The molecule has 0 bridgehead atoms. The molecule has 1 rings (SSSR count). The molecule has 1 atom stereocenters. The summed E-state index contributed by atoms with van der Waals surface area (Å²) in [6, 6.07) is 0. The summed E-state index contributed by atoms with van der Waals surface area (Å²) in [4.78, 5) is 10.6. The maximum absolute atomic E-state index is 10.6. The van der Waals surface area contributed by atoms with Gasteiger partial charge in [0.2, 0.25) is 5.91 Å². The van der Waals surface area contributed by atoms with Gasteiger partial charge in [0.1, 0.15) is 0 Å². The van der Waals surface area contributed by atoms with Gasteiger partial charge in [0.15, 0.2) is 0 Å². The zero-order valence-corrected chi connectivity index (χ0v) is 7.63. The van der Waals surface area contributed by atoms with Gasteiger partial charge in [0.05, 0.1) is 0 Å². The molecule has 1 aliphatic carbocycles. The number of allylic oxidation sites excluding steroid dienone is 2. The number of carbonyl (C=O) groups excluding carboxylic acids is 1. The van der Waals surface area contributed by atoms with Gasteiger partial charge in [0, 0.05) is 13.5 Å². The summed E-state index contributed by atoms with van der Waals surface area (Å²) in [6.07, 6.45) is 7.54. The highest BCUT2D eigenvalue weighted by atomic mass is 16.1. The van der Waals surface area contributed by atoms with Crippen LogP contribution in [0.25, 0.3) is 0 Å². The van der Waals surface area contributed by atoms with Crippen molar-refractivity contribution in [1.29, 1.82) is 0 Å². The van der Waals surface area contributed by atoms with Gasteiger partial charge in [-0.1, -0.05) is 25.2 Å². The maximum atomic E-state index is 10.6. The molecule has 0 aliphatic heterocycles. The molecule has 0 fully saturated rings. The summed E-state index contributed by atoms with van der Waals surface area (Å²) in [5.41, 5.74) is 1.21. The fourth-order valence-electron chi connectivity index (χ4n) is 1.13. The van der Waals surface area contributed by atoms with E-state index in [2.05, 4.69) is 30.5 Å². The van der Waals surface area contributed by atoms with Crippen molar-refractivity contribution in [1.82, 2.24) is 5.32 Å². The summed E-state index contributed by atoms with van der Waals surface area (Å²) in [7, 11) is 0. The van der Waals surface area contributed by atoms with Crippen LogP contribution in [0.2, 0.25) is 0 Å². The lowest BCUT2D eigenvalue weighted by molar-refractivity contribution is -0.118. The second-order valence-electron chi connectivity index (χ2n) is 3.26. The second-order valence-corrected chi connectivity index (χ2v) is 3.26. The van der Waals surface area contributed by atoms with Gasteiger partial charge < -0.3 is 5.32 Å². The van der Waals surface area contributed by atoms with Crippen LogP contribution in [-0.4, -0.2) is 12.5 Å². The Morgan fingerprint density at radius 2 is 2.50 bits per heavy atom. The van der Waals surface area contributed by atoms with Crippen molar-refractivity contribution >= 4 is 5.91 Å². The summed E-state index contributed by atoms with van der Waals surface area (Å²) < 4.78 is 0. The van der Waals surface area contributed by atoms with Crippen LogP contribution >= 0.6 is 0 Å². The lowest BCUT2D eigenvalue weighted by Crippen LogP contribution is -2.22. The first-order valence-corrected chi connectivity index (χ1v) is 4.30. The Morgan fingerprint density at radius 1 is 1.75 bits per heavy atom. The van der Waals surface area contributed by atoms with Crippen LogP contribution < -0.4 is 5.32 Å². The molecule has 2 nitrogen and oxygen atoms in total. The van der Waals surface area contributed by atoms with Crippen molar-refractivity contribution in [2.45, 2.75) is 20.3 Å². The second kappa shape index (κ2) is 4.10. The third kappa shape index (κ3) is 2.91. The van der Waals surface area contributed by atoms with E-state index >= 15 is 0 Å². The van der Waals surface area contributed by atoms with E-state index in [0.717, 1.165) is 6.42 Å². The quantitative estimate of drug-likeness (QED) is 0.662. The van der Waals surface area contributed by atoms with Gasteiger partial charge in [-0.3, -0.25) is 4.79 Å². The average Bonchev–Trinajstić information content (AvgIpc) is 2.03. The standard InChI is InChI=1S/C10H15NO/c1-8-3-5-10(6-4-8)7-11-9(2)12/h3,5-6,8H,4,7H2,1-2H3,(H,11,12). The van der Waals surface area contributed by atoms with E-state index < -0.39 is 0 Å². The fourth-order valence-corrected chi connectivity index (χ4v) is 1.13. The Hall–Kier alpha value is -1.05. The number of rotatable bonds is 2. The molecule has 0 aromatic carbocycles. The van der Waals surface area contributed by atoms with Crippen molar-refractivity contribution in [2.24, 2.45) is 5.92 Å². The lowest BCUT2D eigenvalue weighted by Gasteiger charge is -2.11. The molecule has 66 valence electrons. The van der Waals surface area contributed by atoms with Gasteiger partial charge in [-0.25, -0.2) is 0 Å². The molecule has 0 spiro atoms. The molecule has 0 aromatic rings. The summed E-state index contributed by atoms with van der Waals surface area (Å²) in [6.45, 7) is 4.39. The summed E-state index contributed by atoms with van der Waals surface area (Å²) in [5.74, 6) is 0.675. The molecular weight excluding hydrogens is 150 g/mol. The minimum Gasteiger partial charge on any atom is -0.352 e. The Balaban J connectivity index is 2.35. The predicted molar refractivity (Wildman–Crippen MR) is 49.7 cm³/mol. The molecule has 1 unspecified atom stereocenters. The monoisotopic (exact) mass is 165 g/mol. The van der Waals surface area contributed by atoms with Crippen LogP contribution in [-0.2, 0) is 4.79 Å². The third-order valence-electron chi connectivity index (χ3n) is 1.93. The van der Waals surface area contributed by atoms with Crippen LogP contribution in [0.1, 0.15) is 20.3 Å². The van der Waals surface area contributed by atoms with Crippen molar-refractivity contribution in [3.8, 4) is 0 Å². The van der Waals surface area contributed by atoms with E-state index in [-0.39, 0.29) is 5.91 Å². The Bertz CT molecular complexity index is 228. The molecule has 0 radical (unpaired) electrons. The smallest absolute Gasteiger partial charge is 0.217 e. The van der Waals surface area contributed by atoms with Crippen molar-refractivity contribution < 1.29 is 4.79 Å². The topological polar surface area (TPSA) is 29.1 Å². The predicted octanol–water partition coefficient (Wildman–Crippen LogP) is 1.64. The molecule has 1 aliphatic rings.